The first-order chi connectivity index (χ1) is 7.11. The molecule has 0 spiro atoms. The molecule has 0 saturated heterocycles. The summed E-state index contributed by atoms with van der Waals surface area (Å²) in [5, 5.41) is 0. The van der Waals surface area contributed by atoms with E-state index in [0.29, 0.717) is 0 Å². The van der Waals surface area contributed by atoms with Gasteiger partial charge in [-0.2, -0.15) is 0 Å². The summed E-state index contributed by atoms with van der Waals surface area (Å²) in [6, 6.07) is 0. The third kappa shape index (κ3) is 1.97. The molecule has 2 saturated carbocycles. The molecule has 0 bridgehead atoms. The van der Waals surface area contributed by atoms with Crippen molar-refractivity contribution in [2.24, 2.45) is 41.4 Å². The third-order valence-corrected chi connectivity index (χ3v) is 5.64. The van der Waals surface area contributed by atoms with Crippen LogP contribution >= 0.6 is 0 Å². The van der Waals surface area contributed by atoms with Crippen LogP contribution in [0.4, 0.5) is 0 Å². The van der Waals surface area contributed by atoms with Crippen molar-refractivity contribution < 1.29 is 0 Å². The van der Waals surface area contributed by atoms with E-state index in [0.717, 1.165) is 41.4 Å². The molecule has 2 aliphatic rings. The largest absolute Gasteiger partial charge is 0.0651 e. The van der Waals surface area contributed by atoms with Crippen molar-refractivity contribution >= 4 is 0 Å². The average molecular weight is 208 g/mol. The summed E-state index contributed by atoms with van der Waals surface area (Å²) >= 11 is 0. The zero-order valence-electron chi connectivity index (χ0n) is 11.2. The minimum absolute atomic E-state index is 0.994. The Balaban J connectivity index is 1.77. The van der Waals surface area contributed by atoms with E-state index < -0.39 is 0 Å². The van der Waals surface area contributed by atoms with Crippen LogP contribution in [-0.2, 0) is 0 Å². The fourth-order valence-electron chi connectivity index (χ4n) is 4.45. The van der Waals surface area contributed by atoms with Crippen LogP contribution < -0.4 is 0 Å². The van der Waals surface area contributed by atoms with E-state index in [1.165, 1.54) is 19.3 Å². The van der Waals surface area contributed by atoms with E-state index in [1.807, 2.05) is 0 Å². The van der Waals surface area contributed by atoms with E-state index in [9.17, 15) is 0 Å². The van der Waals surface area contributed by atoms with Gasteiger partial charge in [0.15, 0.2) is 0 Å². The number of hydrogen-bond donors (Lipinski definition) is 0. The Morgan fingerprint density at radius 3 is 1.87 bits per heavy atom. The SMILES string of the molecule is CCC1C(C)C1CC(C)C1C(C)C1CC. The first-order valence-electron chi connectivity index (χ1n) is 7.11. The van der Waals surface area contributed by atoms with E-state index >= 15 is 0 Å². The molecule has 0 nitrogen and oxygen atoms in total. The molecule has 0 aromatic heterocycles. The molecule has 0 aliphatic heterocycles. The highest BCUT2D eigenvalue weighted by Gasteiger charge is 2.51. The molecule has 0 amide bonds. The van der Waals surface area contributed by atoms with Gasteiger partial charge in [-0.1, -0.05) is 47.5 Å². The highest BCUT2D eigenvalue weighted by atomic mass is 14.6. The Labute approximate surface area is 95.8 Å². The summed E-state index contributed by atoms with van der Waals surface area (Å²) in [5.74, 6) is 7.34. The van der Waals surface area contributed by atoms with Crippen molar-refractivity contribution in [1.29, 1.82) is 0 Å². The molecule has 15 heavy (non-hydrogen) atoms. The van der Waals surface area contributed by atoms with Crippen LogP contribution in [0.15, 0.2) is 0 Å². The molecule has 7 atom stereocenters. The van der Waals surface area contributed by atoms with Gasteiger partial charge in [-0.15, -0.1) is 0 Å². The van der Waals surface area contributed by atoms with Gasteiger partial charge in [-0.05, 0) is 47.8 Å². The summed E-state index contributed by atoms with van der Waals surface area (Å²) in [5.41, 5.74) is 0. The summed E-state index contributed by atoms with van der Waals surface area (Å²) in [6.07, 6.45) is 4.34. The van der Waals surface area contributed by atoms with Crippen molar-refractivity contribution in [2.45, 2.75) is 53.9 Å². The van der Waals surface area contributed by atoms with Gasteiger partial charge in [0.2, 0.25) is 0 Å². The second kappa shape index (κ2) is 4.11. The predicted octanol–water partition coefficient (Wildman–Crippen LogP) is 4.60. The quantitative estimate of drug-likeness (QED) is 0.619. The predicted molar refractivity (Wildman–Crippen MR) is 66.7 cm³/mol. The van der Waals surface area contributed by atoms with Crippen molar-refractivity contribution in [3.63, 3.8) is 0 Å². The van der Waals surface area contributed by atoms with Gasteiger partial charge in [0.1, 0.15) is 0 Å². The molecule has 0 N–H and O–H groups in total. The summed E-state index contributed by atoms with van der Waals surface area (Å²) in [6.45, 7) is 12.2. The molecule has 7 unspecified atom stereocenters. The van der Waals surface area contributed by atoms with Crippen molar-refractivity contribution in [3.05, 3.63) is 0 Å². The minimum atomic E-state index is 0.994. The van der Waals surface area contributed by atoms with Crippen LogP contribution in [-0.4, -0.2) is 0 Å². The van der Waals surface area contributed by atoms with Crippen LogP contribution in [0.3, 0.4) is 0 Å². The summed E-state index contributed by atoms with van der Waals surface area (Å²) in [4.78, 5) is 0. The lowest BCUT2D eigenvalue weighted by molar-refractivity contribution is 0.391. The Morgan fingerprint density at radius 1 is 0.867 bits per heavy atom. The van der Waals surface area contributed by atoms with Crippen LogP contribution in [0.5, 0.6) is 0 Å². The van der Waals surface area contributed by atoms with Crippen molar-refractivity contribution in [1.82, 2.24) is 0 Å². The van der Waals surface area contributed by atoms with Crippen LogP contribution in [0.25, 0.3) is 0 Å². The molecule has 0 heteroatoms. The Kier molecular flexibility index (Phi) is 3.14. The molecular weight excluding hydrogens is 180 g/mol. The zero-order chi connectivity index (χ0) is 11.2. The van der Waals surface area contributed by atoms with Gasteiger partial charge in [0.25, 0.3) is 0 Å². The standard InChI is InChI=1S/C15H28/c1-6-12-10(4)14(12)8-9(3)15-11(5)13(15)7-2/h9-15H,6-8H2,1-5H3. The van der Waals surface area contributed by atoms with Crippen molar-refractivity contribution in [2.75, 3.05) is 0 Å². The summed E-state index contributed by atoms with van der Waals surface area (Å²) in [7, 11) is 0. The minimum Gasteiger partial charge on any atom is -0.0651 e. The van der Waals surface area contributed by atoms with E-state index in [2.05, 4.69) is 34.6 Å². The first kappa shape index (κ1) is 11.5. The molecule has 2 rings (SSSR count). The maximum atomic E-state index is 2.51. The van der Waals surface area contributed by atoms with Crippen LogP contribution in [0.1, 0.15) is 53.9 Å². The Bertz CT molecular complexity index is 220. The second-order valence-corrected chi connectivity index (χ2v) is 6.32. The van der Waals surface area contributed by atoms with E-state index in [1.54, 1.807) is 0 Å². The first-order valence-corrected chi connectivity index (χ1v) is 7.11. The highest BCUT2D eigenvalue weighted by Crippen LogP contribution is 2.58. The molecule has 0 radical (unpaired) electrons. The van der Waals surface area contributed by atoms with Crippen LogP contribution in [0, 0.1) is 41.4 Å². The maximum absolute atomic E-state index is 2.51. The lowest BCUT2D eigenvalue weighted by Crippen LogP contribution is -2.02. The Morgan fingerprint density at radius 2 is 1.47 bits per heavy atom. The van der Waals surface area contributed by atoms with Gasteiger partial charge in [-0.25, -0.2) is 0 Å². The lowest BCUT2D eigenvalue weighted by Gasteiger charge is -2.10. The molecule has 2 fully saturated rings. The molecule has 88 valence electrons. The average Bonchev–Trinajstić information content (AvgIpc) is 3.04. The van der Waals surface area contributed by atoms with E-state index in [-0.39, 0.29) is 0 Å². The maximum Gasteiger partial charge on any atom is -0.0329 e. The third-order valence-electron chi connectivity index (χ3n) is 5.64. The topological polar surface area (TPSA) is 0 Å². The fourth-order valence-corrected chi connectivity index (χ4v) is 4.45. The fraction of sp³-hybridized carbons (Fsp3) is 1.00. The zero-order valence-corrected chi connectivity index (χ0v) is 11.2. The number of hydrogen-bond acceptors (Lipinski definition) is 0. The van der Waals surface area contributed by atoms with Gasteiger partial charge < -0.3 is 0 Å². The molecule has 0 aromatic carbocycles. The monoisotopic (exact) mass is 208 g/mol. The van der Waals surface area contributed by atoms with Gasteiger partial charge in [0.05, 0.1) is 0 Å². The lowest BCUT2D eigenvalue weighted by atomic mass is 9.95. The normalized spacial score (nSPS) is 50.2. The van der Waals surface area contributed by atoms with Crippen LogP contribution in [0.2, 0.25) is 0 Å². The second-order valence-electron chi connectivity index (χ2n) is 6.32. The summed E-state index contributed by atoms with van der Waals surface area (Å²) < 4.78 is 0. The highest BCUT2D eigenvalue weighted by molar-refractivity contribution is 5.00. The molecular formula is C15H28. The van der Waals surface area contributed by atoms with Crippen molar-refractivity contribution in [3.8, 4) is 0 Å². The molecule has 2 aliphatic carbocycles. The van der Waals surface area contributed by atoms with Gasteiger partial charge in [0, 0.05) is 0 Å². The van der Waals surface area contributed by atoms with Gasteiger partial charge >= 0.3 is 0 Å². The molecule has 0 heterocycles. The Hall–Kier alpha value is 0. The number of rotatable bonds is 5. The van der Waals surface area contributed by atoms with E-state index in [4.69, 9.17) is 0 Å². The van der Waals surface area contributed by atoms with Gasteiger partial charge in [-0.3, -0.25) is 0 Å². The smallest absolute Gasteiger partial charge is 0.0329 e. The molecule has 0 aromatic rings.